The molecule has 0 radical (unpaired) electrons. The second-order valence-electron chi connectivity index (χ2n) is 6.58. The van der Waals surface area contributed by atoms with Crippen molar-refractivity contribution in [3.05, 3.63) is 23.5 Å². The molecule has 2 N–H and O–H groups in total. The monoisotopic (exact) mass is 323 g/mol. The minimum Gasteiger partial charge on any atom is -0.444 e. The molecule has 1 saturated heterocycles. The van der Waals surface area contributed by atoms with Crippen molar-refractivity contribution in [2.24, 2.45) is 0 Å². The van der Waals surface area contributed by atoms with Crippen LogP contribution in [-0.4, -0.2) is 58.0 Å². The summed E-state index contributed by atoms with van der Waals surface area (Å²) in [6, 6.07) is 3.62. The first-order valence-corrected chi connectivity index (χ1v) is 7.77. The van der Waals surface area contributed by atoms with Crippen LogP contribution in [0.3, 0.4) is 0 Å². The van der Waals surface area contributed by atoms with Gasteiger partial charge in [0, 0.05) is 31.9 Å². The van der Waals surface area contributed by atoms with Crippen LogP contribution in [0.4, 0.5) is 10.5 Å². The third-order valence-electron chi connectivity index (χ3n) is 3.54. The van der Waals surface area contributed by atoms with Crippen LogP contribution >= 0.6 is 0 Å². The standard InChI is InChI=1S/C16H25N3O4/c1-16(2,3)23-15(22)19-6-4-18(5-7-19)14-8-12(10-20)17-13(9-14)11-21/h8-9,20-21H,4-7,10-11H2,1-3H3. The molecule has 0 aromatic carbocycles. The molecule has 1 fully saturated rings. The number of anilines is 1. The molecule has 0 atom stereocenters. The van der Waals surface area contributed by atoms with Gasteiger partial charge in [-0.2, -0.15) is 0 Å². The maximum absolute atomic E-state index is 12.1. The molecule has 1 aromatic heterocycles. The highest BCUT2D eigenvalue weighted by atomic mass is 16.6. The van der Waals surface area contributed by atoms with Crippen LogP contribution in [-0.2, 0) is 18.0 Å². The van der Waals surface area contributed by atoms with E-state index in [0.717, 1.165) is 5.69 Å². The first-order valence-electron chi connectivity index (χ1n) is 7.77. The average molecular weight is 323 g/mol. The van der Waals surface area contributed by atoms with Gasteiger partial charge in [0.25, 0.3) is 0 Å². The molecule has 1 aromatic rings. The number of aromatic nitrogens is 1. The van der Waals surface area contributed by atoms with E-state index in [-0.39, 0.29) is 19.3 Å². The summed E-state index contributed by atoms with van der Waals surface area (Å²) in [5.41, 5.74) is 1.46. The maximum atomic E-state index is 12.1. The first kappa shape index (κ1) is 17.5. The fraction of sp³-hybridized carbons (Fsp3) is 0.625. The van der Waals surface area contributed by atoms with Gasteiger partial charge in [0.05, 0.1) is 24.6 Å². The first-order chi connectivity index (χ1) is 10.8. The van der Waals surface area contributed by atoms with Crippen molar-refractivity contribution in [1.82, 2.24) is 9.88 Å². The Bertz CT molecular complexity index is 526. The van der Waals surface area contributed by atoms with E-state index < -0.39 is 5.60 Å². The van der Waals surface area contributed by atoms with E-state index in [1.54, 1.807) is 4.90 Å². The van der Waals surface area contributed by atoms with Crippen LogP contribution in [0.2, 0.25) is 0 Å². The SMILES string of the molecule is CC(C)(C)OC(=O)N1CCN(c2cc(CO)nc(CO)c2)CC1. The van der Waals surface area contributed by atoms with E-state index >= 15 is 0 Å². The summed E-state index contributed by atoms with van der Waals surface area (Å²) >= 11 is 0. The van der Waals surface area contributed by atoms with Crippen molar-refractivity contribution in [2.75, 3.05) is 31.1 Å². The fourth-order valence-corrected chi connectivity index (χ4v) is 2.45. The van der Waals surface area contributed by atoms with E-state index in [1.807, 2.05) is 32.9 Å². The molecule has 7 nitrogen and oxygen atoms in total. The summed E-state index contributed by atoms with van der Waals surface area (Å²) in [5, 5.41) is 18.5. The van der Waals surface area contributed by atoms with Crippen LogP contribution in [0, 0.1) is 0 Å². The Hall–Kier alpha value is -1.86. The van der Waals surface area contributed by atoms with E-state index in [2.05, 4.69) is 9.88 Å². The quantitative estimate of drug-likeness (QED) is 0.867. The average Bonchev–Trinajstić information content (AvgIpc) is 2.52. The van der Waals surface area contributed by atoms with Gasteiger partial charge in [0.1, 0.15) is 5.60 Å². The number of rotatable bonds is 3. The highest BCUT2D eigenvalue weighted by molar-refractivity contribution is 5.68. The molecule has 1 amide bonds. The molecule has 1 aliphatic rings. The van der Waals surface area contributed by atoms with Crippen LogP contribution in [0.5, 0.6) is 0 Å². The number of carbonyl (C=O) groups excluding carboxylic acids is 1. The van der Waals surface area contributed by atoms with Gasteiger partial charge in [-0.25, -0.2) is 4.79 Å². The Morgan fingerprint density at radius 2 is 1.65 bits per heavy atom. The summed E-state index contributed by atoms with van der Waals surface area (Å²) in [6.07, 6.45) is -0.293. The second kappa shape index (κ2) is 7.14. The van der Waals surface area contributed by atoms with Crippen LogP contribution in [0.1, 0.15) is 32.2 Å². The number of aliphatic hydroxyl groups excluding tert-OH is 2. The second-order valence-corrected chi connectivity index (χ2v) is 6.58. The van der Waals surface area contributed by atoms with E-state index in [0.29, 0.717) is 37.6 Å². The molecule has 2 rings (SSSR count). The van der Waals surface area contributed by atoms with E-state index in [1.165, 1.54) is 0 Å². The molecule has 23 heavy (non-hydrogen) atoms. The van der Waals surface area contributed by atoms with E-state index in [9.17, 15) is 15.0 Å². The third-order valence-corrected chi connectivity index (χ3v) is 3.54. The molecule has 7 heteroatoms. The lowest BCUT2D eigenvalue weighted by Crippen LogP contribution is -2.50. The summed E-state index contributed by atoms with van der Waals surface area (Å²) in [6.45, 7) is 7.69. The molecule has 2 heterocycles. The number of pyridine rings is 1. The zero-order chi connectivity index (χ0) is 17.0. The summed E-state index contributed by atoms with van der Waals surface area (Å²) < 4.78 is 5.38. The molecule has 0 bridgehead atoms. The summed E-state index contributed by atoms with van der Waals surface area (Å²) in [4.78, 5) is 20.0. The Labute approximate surface area is 136 Å². The van der Waals surface area contributed by atoms with Gasteiger partial charge in [-0.1, -0.05) is 0 Å². The van der Waals surface area contributed by atoms with Gasteiger partial charge in [-0.05, 0) is 32.9 Å². The maximum Gasteiger partial charge on any atom is 0.410 e. The number of hydrogen-bond acceptors (Lipinski definition) is 6. The smallest absolute Gasteiger partial charge is 0.410 e. The Morgan fingerprint density at radius 3 is 2.09 bits per heavy atom. The lowest BCUT2D eigenvalue weighted by Gasteiger charge is -2.37. The van der Waals surface area contributed by atoms with Crippen molar-refractivity contribution in [3.8, 4) is 0 Å². The molecular weight excluding hydrogens is 298 g/mol. The van der Waals surface area contributed by atoms with Gasteiger partial charge in [-0.3, -0.25) is 4.98 Å². The topological polar surface area (TPSA) is 86.1 Å². The highest BCUT2D eigenvalue weighted by Gasteiger charge is 2.26. The predicted octanol–water partition coefficient (Wildman–Crippen LogP) is 1.12. The van der Waals surface area contributed by atoms with Gasteiger partial charge >= 0.3 is 6.09 Å². The fourth-order valence-electron chi connectivity index (χ4n) is 2.45. The largest absolute Gasteiger partial charge is 0.444 e. The number of amides is 1. The van der Waals surface area contributed by atoms with Crippen molar-refractivity contribution >= 4 is 11.8 Å². The Balaban J connectivity index is 2.00. The molecule has 0 saturated carbocycles. The van der Waals surface area contributed by atoms with Gasteiger partial charge in [0.2, 0.25) is 0 Å². The van der Waals surface area contributed by atoms with Crippen molar-refractivity contribution in [2.45, 2.75) is 39.6 Å². The van der Waals surface area contributed by atoms with Gasteiger partial charge in [-0.15, -0.1) is 0 Å². The van der Waals surface area contributed by atoms with Crippen LogP contribution in [0.25, 0.3) is 0 Å². The zero-order valence-electron chi connectivity index (χ0n) is 13.9. The highest BCUT2D eigenvalue weighted by Crippen LogP contribution is 2.20. The Morgan fingerprint density at radius 1 is 1.13 bits per heavy atom. The third kappa shape index (κ3) is 4.80. The molecule has 1 aliphatic heterocycles. The van der Waals surface area contributed by atoms with Crippen LogP contribution in [0.15, 0.2) is 12.1 Å². The normalized spacial score (nSPS) is 15.7. The number of aliphatic hydroxyl groups is 2. The summed E-state index contributed by atoms with van der Waals surface area (Å²) in [5.74, 6) is 0. The van der Waals surface area contributed by atoms with E-state index in [4.69, 9.17) is 4.74 Å². The van der Waals surface area contributed by atoms with Gasteiger partial charge in [0.15, 0.2) is 0 Å². The number of hydrogen-bond donors (Lipinski definition) is 2. The van der Waals surface area contributed by atoms with Gasteiger partial charge < -0.3 is 24.7 Å². The minimum atomic E-state index is -0.495. The number of carbonyl (C=O) groups is 1. The zero-order valence-corrected chi connectivity index (χ0v) is 13.9. The lowest BCUT2D eigenvalue weighted by atomic mass is 10.2. The summed E-state index contributed by atoms with van der Waals surface area (Å²) in [7, 11) is 0. The van der Waals surface area contributed by atoms with Crippen molar-refractivity contribution in [1.29, 1.82) is 0 Å². The van der Waals surface area contributed by atoms with Crippen molar-refractivity contribution in [3.63, 3.8) is 0 Å². The molecule has 0 unspecified atom stereocenters. The van der Waals surface area contributed by atoms with Crippen LogP contribution < -0.4 is 4.90 Å². The molecule has 0 aliphatic carbocycles. The lowest BCUT2D eigenvalue weighted by molar-refractivity contribution is 0.0240. The molecule has 0 spiro atoms. The number of nitrogens with zero attached hydrogens (tertiary/aromatic N) is 3. The number of ether oxygens (including phenoxy) is 1. The molecule has 128 valence electrons. The number of piperazine rings is 1. The Kier molecular flexibility index (Phi) is 5.43. The minimum absolute atomic E-state index is 0.168. The predicted molar refractivity (Wildman–Crippen MR) is 86.1 cm³/mol. The van der Waals surface area contributed by atoms with Crippen molar-refractivity contribution < 1.29 is 19.7 Å². The molecular formula is C16H25N3O4.